The Hall–Kier alpha value is -4.28. The predicted molar refractivity (Wildman–Crippen MR) is 141 cm³/mol. The molecule has 0 radical (unpaired) electrons. The number of aliphatic hydroxyl groups excluding tert-OH is 2. The minimum atomic E-state index is -0.699. The maximum absolute atomic E-state index is 14.6. The Morgan fingerprint density at radius 2 is 1.74 bits per heavy atom. The molecule has 0 saturated carbocycles. The number of nitrogens with one attached hydrogen (secondary N) is 2. The number of amides is 1. The van der Waals surface area contributed by atoms with Crippen LogP contribution < -0.4 is 25.0 Å². The SMILES string of the molecule is Cc1c(COc2ccc(CNCCCCCC(=O)NO)c(F)c2)cccc1-c1ccc2c(c1)OC(O)=C(O)O2. The topological polar surface area (TPSA) is 130 Å². The lowest BCUT2D eigenvalue weighted by molar-refractivity contribution is -0.129. The summed E-state index contributed by atoms with van der Waals surface area (Å²) < 4.78 is 30.9. The summed E-state index contributed by atoms with van der Waals surface area (Å²) in [6.45, 7) is 3.28. The molecule has 4 rings (SSSR count). The zero-order valence-corrected chi connectivity index (χ0v) is 21.5. The van der Waals surface area contributed by atoms with E-state index in [0.717, 1.165) is 35.1 Å². The number of hydroxylamine groups is 1. The Morgan fingerprint density at radius 3 is 2.51 bits per heavy atom. The summed E-state index contributed by atoms with van der Waals surface area (Å²) in [5, 5.41) is 30.8. The average Bonchev–Trinajstić information content (AvgIpc) is 2.93. The highest BCUT2D eigenvalue weighted by Gasteiger charge is 2.22. The number of benzene rings is 3. The van der Waals surface area contributed by atoms with Gasteiger partial charge < -0.3 is 29.7 Å². The molecule has 5 N–H and O–H groups in total. The number of hydrogen-bond donors (Lipinski definition) is 5. The monoisotopic (exact) mass is 538 g/mol. The third kappa shape index (κ3) is 7.18. The highest BCUT2D eigenvalue weighted by molar-refractivity contribution is 5.74. The number of unbranched alkanes of at least 4 members (excludes halogenated alkanes) is 2. The van der Waals surface area contributed by atoms with Crippen LogP contribution in [0.15, 0.2) is 66.5 Å². The molecule has 1 amide bonds. The summed E-state index contributed by atoms with van der Waals surface area (Å²) in [5.41, 5.74) is 5.78. The summed E-state index contributed by atoms with van der Waals surface area (Å²) >= 11 is 0. The molecule has 1 aliphatic rings. The van der Waals surface area contributed by atoms with E-state index in [0.29, 0.717) is 30.8 Å². The summed E-state index contributed by atoms with van der Waals surface area (Å²) in [5.74, 6) is -1.15. The second-order valence-electron chi connectivity index (χ2n) is 9.13. The van der Waals surface area contributed by atoms with Gasteiger partial charge in [-0.15, -0.1) is 0 Å². The summed E-state index contributed by atoms with van der Waals surface area (Å²) in [4.78, 5) is 11.0. The van der Waals surface area contributed by atoms with Crippen LogP contribution in [-0.4, -0.2) is 27.9 Å². The molecule has 3 aromatic rings. The van der Waals surface area contributed by atoms with Gasteiger partial charge in [0.25, 0.3) is 0 Å². The van der Waals surface area contributed by atoms with E-state index >= 15 is 0 Å². The zero-order chi connectivity index (χ0) is 27.8. The second-order valence-corrected chi connectivity index (χ2v) is 9.13. The fourth-order valence-electron chi connectivity index (χ4n) is 4.20. The Kier molecular flexibility index (Phi) is 9.24. The van der Waals surface area contributed by atoms with Crippen LogP contribution in [0.5, 0.6) is 17.2 Å². The molecule has 0 spiro atoms. The molecule has 0 atom stereocenters. The molecule has 0 fully saturated rings. The maximum atomic E-state index is 14.6. The average molecular weight is 539 g/mol. The number of hydrogen-bond acceptors (Lipinski definition) is 8. The minimum absolute atomic E-state index is 0.243. The second kappa shape index (κ2) is 13.0. The molecule has 0 bridgehead atoms. The van der Waals surface area contributed by atoms with Crippen molar-refractivity contribution in [3.8, 4) is 28.4 Å². The first kappa shape index (κ1) is 27.7. The van der Waals surface area contributed by atoms with Gasteiger partial charge in [0.2, 0.25) is 5.91 Å². The third-order valence-electron chi connectivity index (χ3n) is 6.41. The van der Waals surface area contributed by atoms with E-state index in [1.54, 1.807) is 29.7 Å². The normalized spacial score (nSPS) is 12.4. The van der Waals surface area contributed by atoms with Crippen LogP contribution in [0.3, 0.4) is 0 Å². The molecular formula is C29H31FN2O7. The molecule has 1 heterocycles. The van der Waals surface area contributed by atoms with Gasteiger partial charge >= 0.3 is 11.9 Å². The summed E-state index contributed by atoms with van der Waals surface area (Å²) in [7, 11) is 0. The Morgan fingerprint density at radius 1 is 0.949 bits per heavy atom. The lowest BCUT2D eigenvalue weighted by Gasteiger charge is -2.18. The summed E-state index contributed by atoms with van der Waals surface area (Å²) in [6.07, 6.45) is 2.64. The maximum Gasteiger partial charge on any atom is 0.367 e. The molecule has 1 aliphatic heterocycles. The molecule has 0 unspecified atom stereocenters. The number of carbonyl (C=O) groups is 1. The van der Waals surface area contributed by atoms with Crippen molar-refractivity contribution in [3.63, 3.8) is 0 Å². The highest BCUT2D eigenvalue weighted by atomic mass is 19.1. The Balaban J connectivity index is 1.31. The number of aliphatic hydroxyl groups is 2. The Labute approximate surface area is 225 Å². The largest absolute Gasteiger partial charge is 0.489 e. The van der Waals surface area contributed by atoms with Crippen molar-refractivity contribution in [1.82, 2.24) is 10.8 Å². The van der Waals surface area contributed by atoms with Crippen molar-refractivity contribution in [1.29, 1.82) is 0 Å². The molecule has 0 aromatic heterocycles. The highest BCUT2D eigenvalue weighted by Crippen LogP contribution is 2.38. The van der Waals surface area contributed by atoms with Crippen molar-refractivity contribution in [3.05, 3.63) is 89.0 Å². The lowest BCUT2D eigenvalue weighted by atomic mass is 9.96. The van der Waals surface area contributed by atoms with Gasteiger partial charge in [0, 0.05) is 24.6 Å². The molecule has 0 saturated heterocycles. The number of ether oxygens (including phenoxy) is 3. The number of carbonyl (C=O) groups excluding carboxylic acids is 1. The van der Waals surface area contributed by atoms with Crippen molar-refractivity contribution in [2.45, 2.75) is 45.8 Å². The van der Waals surface area contributed by atoms with Gasteiger partial charge in [-0.3, -0.25) is 10.0 Å². The van der Waals surface area contributed by atoms with E-state index in [9.17, 15) is 19.4 Å². The smallest absolute Gasteiger partial charge is 0.367 e. The van der Waals surface area contributed by atoms with Crippen LogP contribution in [0.2, 0.25) is 0 Å². The molecule has 3 aromatic carbocycles. The van der Waals surface area contributed by atoms with Gasteiger partial charge in [-0.1, -0.05) is 36.8 Å². The van der Waals surface area contributed by atoms with Crippen LogP contribution >= 0.6 is 0 Å². The van der Waals surface area contributed by atoms with Gasteiger partial charge in [-0.2, -0.15) is 0 Å². The van der Waals surface area contributed by atoms with Crippen molar-refractivity contribution in [2.24, 2.45) is 0 Å². The van der Waals surface area contributed by atoms with E-state index in [2.05, 4.69) is 5.32 Å². The van der Waals surface area contributed by atoms with E-state index in [4.69, 9.17) is 19.4 Å². The fraction of sp³-hybridized carbons (Fsp3) is 0.276. The van der Waals surface area contributed by atoms with Gasteiger partial charge in [-0.05, 0) is 66.8 Å². The number of halogens is 1. The molecular weight excluding hydrogens is 507 g/mol. The van der Waals surface area contributed by atoms with Crippen LogP contribution in [0, 0.1) is 12.7 Å². The third-order valence-corrected chi connectivity index (χ3v) is 6.41. The fourth-order valence-corrected chi connectivity index (χ4v) is 4.20. The van der Waals surface area contributed by atoms with Crippen molar-refractivity contribution in [2.75, 3.05) is 6.54 Å². The van der Waals surface area contributed by atoms with Gasteiger partial charge in [0.1, 0.15) is 18.2 Å². The van der Waals surface area contributed by atoms with Crippen LogP contribution in [0.25, 0.3) is 11.1 Å². The van der Waals surface area contributed by atoms with Crippen molar-refractivity contribution >= 4 is 5.91 Å². The Bertz CT molecular complexity index is 1360. The standard InChI is InChI=1S/C29H31FN2O7/c1-18-21(6-5-7-23(18)19-10-12-25-26(14-19)39-29(35)28(34)38-25)17-37-22-11-9-20(24(30)15-22)16-31-13-4-2-3-8-27(33)32-36/h5-7,9-12,14-15,31,34-36H,2-4,8,13,16-17H2,1H3,(H,32,33). The van der Waals surface area contributed by atoms with E-state index in [1.807, 2.05) is 31.2 Å². The summed E-state index contributed by atoms with van der Waals surface area (Å²) in [6, 6.07) is 15.8. The number of rotatable bonds is 12. The molecule has 206 valence electrons. The van der Waals surface area contributed by atoms with Crippen LogP contribution in [0.4, 0.5) is 4.39 Å². The van der Waals surface area contributed by atoms with Gasteiger partial charge in [0.15, 0.2) is 11.5 Å². The minimum Gasteiger partial charge on any atom is -0.489 e. The van der Waals surface area contributed by atoms with E-state index in [-0.39, 0.29) is 30.3 Å². The van der Waals surface area contributed by atoms with Crippen molar-refractivity contribution < 1.29 is 38.8 Å². The van der Waals surface area contributed by atoms with E-state index < -0.39 is 17.8 Å². The first-order valence-corrected chi connectivity index (χ1v) is 12.6. The lowest BCUT2D eigenvalue weighted by Crippen LogP contribution is -2.18. The zero-order valence-electron chi connectivity index (χ0n) is 21.5. The molecule has 39 heavy (non-hydrogen) atoms. The van der Waals surface area contributed by atoms with Crippen LogP contribution in [0.1, 0.15) is 42.4 Å². The molecule has 9 nitrogen and oxygen atoms in total. The first-order chi connectivity index (χ1) is 18.9. The molecule has 10 heteroatoms. The number of fused-ring (bicyclic) bond motifs is 1. The van der Waals surface area contributed by atoms with Crippen LogP contribution in [-0.2, 0) is 17.9 Å². The first-order valence-electron chi connectivity index (χ1n) is 12.6. The van der Waals surface area contributed by atoms with Gasteiger partial charge in [-0.25, -0.2) is 9.87 Å². The molecule has 0 aliphatic carbocycles. The quantitative estimate of drug-likeness (QED) is 0.115. The predicted octanol–water partition coefficient (Wildman–Crippen LogP) is 5.55. The van der Waals surface area contributed by atoms with E-state index in [1.165, 1.54) is 6.07 Å². The van der Waals surface area contributed by atoms with Gasteiger partial charge in [0.05, 0.1) is 0 Å².